The molecule has 1 fully saturated rings. The number of hydrogen-bond acceptors (Lipinski definition) is 6. The van der Waals surface area contributed by atoms with Crippen molar-refractivity contribution in [3.63, 3.8) is 0 Å². The lowest BCUT2D eigenvalue weighted by Gasteiger charge is -2.34. The van der Waals surface area contributed by atoms with Gasteiger partial charge in [-0.15, -0.1) is 24.0 Å². The minimum absolute atomic E-state index is 0. The van der Waals surface area contributed by atoms with Crippen LogP contribution in [0.3, 0.4) is 0 Å². The SMILES string of the molecule is C=CCOc1ccccc1CNC(=NC)NCCCN1CCN(c2ncccn2)CC1.I. The van der Waals surface area contributed by atoms with Gasteiger partial charge in [0.05, 0.1) is 0 Å². The van der Waals surface area contributed by atoms with Gasteiger partial charge in [0, 0.05) is 64.3 Å². The molecule has 2 N–H and O–H groups in total. The maximum Gasteiger partial charge on any atom is 0.225 e. The predicted octanol–water partition coefficient (Wildman–Crippen LogP) is 2.54. The number of piperazine rings is 1. The van der Waals surface area contributed by atoms with Gasteiger partial charge in [-0.25, -0.2) is 9.97 Å². The zero-order valence-corrected chi connectivity index (χ0v) is 21.1. The van der Waals surface area contributed by atoms with Crippen LogP contribution in [-0.4, -0.2) is 73.8 Å². The summed E-state index contributed by atoms with van der Waals surface area (Å²) in [5.41, 5.74) is 1.09. The van der Waals surface area contributed by atoms with E-state index in [-0.39, 0.29) is 24.0 Å². The smallest absolute Gasteiger partial charge is 0.225 e. The molecule has 3 rings (SSSR count). The van der Waals surface area contributed by atoms with Crippen LogP contribution in [0.25, 0.3) is 0 Å². The molecule has 1 saturated heterocycles. The van der Waals surface area contributed by atoms with Crippen LogP contribution in [0.5, 0.6) is 5.75 Å². The summed E-state index contributed by atoms with van der Waals surface area (Å²) in [5.74, 6) is 2.49. The topological polar surface area (TPSA) is 77.9 Å². The Morgan fingerprint density at radius 2 is 1.88 bits per heavy atom. The van der Waals surface area contributed by atoms with Crippen LogP contribution < -0.4 is 20.3 Å². The van der Waals surface area contributed by atoms with Crippen molar-refractivity contribution >= 4 is 35.9 Å². The number of benzene rings is 1. The van der Waals surface area contributed by atoms with Crippen molar-refractivity contribution in [2.75, 3.05) is 57.8 Å². The van der Waals surface area contributed by atoms with Gasteiger partial charge >= 0.3 is 0 Å². The van der Waals surface area contributed by atoms with E-state index in [4.69, 9.17) is 4.74 Å². The van der Waals surface area contributed by atoms with Crippen molar-refractivity contribution < 1.29 is 4.74 Å². The number of ether oxygens (including phenoxy) is 1. The molecule has 32 heavy (non-hydrogen) atoms. The molecule has 0 aliphatic carbocycles. The second kappa shape index (κ2) is 14.6. The van der Waals surface area contributed by atoms with E-state index >= 15 is 0 Å². The number of anilines is 1. The van der Waals surface area contributed by atoms with Crippen molar-refractivity contribution in [1.82, 2.24) is 25.5 Å². The number of rotatable bonds is 10. The molecule has 174 valence electrons. The third-order valence-corrected chi connectivity index (χ3v) is 5.15. The molecule has 1 aliphatic rings. The van der Waals surface area contributed by atoms with Gasteiger partial charge in [0.25, 0.3) is 0 Å². The maximum absolute atomic E-state index is 5.72. The summed E-state index contributed by atoms with van der Waals surface area (Å²) in [6.07, 6.45) is 6.41. The molecule has 0 amide bonds. The molecule has 0 unspecified atom stereocenters. The first kappa shape index (κ1) is 25.9. The number of aliphatic imine (C=N–C) groups is 1. The number of halogens is 1. The Balaban J connectivity index is 0.00000363. The molecule has 1 aliphatic heterocycles. The number of aromatic nitrogens is 2. The lowest BCUT2D eigenvalue weighted by Crippen LogP contribution is -2.47. The molecule has 0 spiro atoms. The Labute approximate surface area is 208 Å². The zero-order chi connectivity index (χ0) is 21.7. The molecule has 0 saturated carbocycles. The van der Waals surface area contributed by atoms with Gasteiger partial charge in [-0.05, 0) is 25.1 Å². The normalized spacial score (nSPS) is 14.4. The van der Waals surface area contributed by atoms with E-state index in [0.29, 0.717) is 13.2 Å². The molecule has 2 aromatic rings. The maximum atomic E-state index is 5.72. The van der Waals surface area contributed by atoms with Crippen LogP contribution in [0.2, 0.25) is 0 Å². The third kappa shape index (κ3) is 8.27. The monoisotopic (exact) mass is 551 g/mol. The standard InChI is InChI=1S/C23H33N7O.HI/c1-3-18-31-21-9-5-4-8-20(21)19-28-22(24-2)25-12-7-13-29-14-16-30(17-15-29)23-26-10-6-11-27-23;/h3-6,8-11H,1,7,12-19H2,2H3,(H2,24,25,28);1H. The van der Waals surface area contributed by atoms with Crippen LogP contribution in [0.1, 0.15) is 12.0 Å². The van der Waals surface area contributed by atoms with Crippen LogP contribution in [0.15, 0.2) is 60.4 Å². The van der Waals surface area contributed by atoms with Gasteiger partial charge in [0.15, 0.2) is 5.96 Å². The van der Waals surface area contributed by atoms with Crippen molar-refractivity contribution in [2.24, 2.45) is 4.99 Å². The van der Waals surface area contributed by atoms with Gasteiger partial charge < -0.3 is 20.3 Å². The molecule has 8 nitrogen and oxygen atoms in total. The van der Waals surface area contributed by atoms with Gasteiger partial charge in [0.1, 0.15) is 12.4 Å². The Morgan fingerprint density at radius 3 is 2.59 bits per heavy atom. The quantitative estimate of drug-likeness (QED) is 0.155. The molecule has 0 radical (unpaired) electrons. The van der Waals surface area contributed by atoms with Gasteiger partial charge in [-0.2, -0.15) is 0 Å². The molecular weight excluding hydrogens is 517 g/mol. The average Bonchev–Trinajstić information content (AvgIpc) is 2.84. The van der Waals surface area contributed by atoms with Crippen molar-refractivity contribution in [2.45, 2.75) is 13.0 Å². The zero-order valence-electron chi connectivity index (χ0n) is 18.7. The lowest BCUT2D eigenvalue weighted by molar-refractivity contribution is 0.254. The van der Waals surface area contributed by atoms with E-state index in [1.807, 2.05) is 24.3 Å². The minimum Gasteiger partial charge on any atom is -0.489 e. The summed E-state index contributed by atoms with van der Waals surface area (Å²) in [4.78, 5) is 17.8. The molecule has 0 bridgehead atoms. The van der Waals surface area contributed by atoms with Crippen LogP contribution in [0.4, 0.5) is 5.95 Å². The van der Waals surface area contributed by atoms with Gasteiger partial charge in [0.2, 0.25) is 5.95 Å². The van der Waals surface area contributed by atoms with Crippen molar-refractivity contribution in [3.8, 4) is 5.75 Å². The fraction of sp³-hybridized carbons (Fsp3) is 0.435. The van der Waals surface area contributed by atoms with E-state index in [1.165, 1.54) is 0 Å². The lowest BCUT2D eigenvalue weighted by atomic mass is 10.2. The van der Waals surface area contributed by atoms with Gasteiger partial charge in [-0.3, -0.25) is 9.89 Å². The number of hydrogen-bond donors (Lipinski definition) is 2. The summed E-state index contributed by atoms with van der Waals surface area (Å²) in [6, 6.07) is 9.86. The fourth-order valence-corrected chi connectivity index (χ4v) is 3.47. The van der Waals surface area contributed by atoms with E-state index in [2.05, 4.69) is 48.0 Å². The van der Waals surface area contributed by atoms with E-state index in [0.717, 1.165) is 68.9 Å². The first-order valence-corrected chi connectivity index (χ1v) is 10.8. The fourth-order valence-electron chi connectivity index (χ4n) is 3.47. The Bertz CT molecular complexity index is 826. The average molecular weight is 551 g/mol. The predicted molar refractivity (Wildman–Crippen MR) is 141 cm³/mol. The Kier molecular flexibility index (Phi) is 11.8. The van der Waals surface area contributed by atoms with E-state index in [1.54, 1.807) is 25.5 Å². The summed E-state index contributed by atoms with van der Waals surface area (Å²) in [5, 5.41) is 6.77. The number of nitrogens with one attached hydrogen (secondary N) is 2. The molecule has 1 aromatic carbocycles. The number of nitrogens with zero attached hydrogens (tertiary/aromatic N) is 5. The first-order chi connectivity index (χ1) is 15.3. The minimum atomic E-state index is 0. The van der Waals surface area contributed by atoms with Crippen LogP contribution in [0, 0.1) is 0 Å². The summed E-state index contributed by atoms with van der Waals surface area (Å²) >= 11 is 0. The second-order valence-corrected chi connectivity index (χ2v) is 7.29. The van der Waals surface area contributed by atoms with Gasteiger partial charge in [-0.1, -0.05) is 30.9 Å². The highest BCUT2D eigenvalue weighted by Gasteiger charge is 2.18. The molecule has 9 heteroatoms. The Morgan fingerprint density at radius 1 is 1.12 bits per heavy atom. The van der Waals surface area contributed by atoms with Crippen molar-refractivity contribution in [3.05, 3.63) is 60.9 Å². The van der Waals surface area contributed by atoms with Crippen LogP contribution in [-0.2, 0) is 6.54 Å². The van der Waals surface area contributed by atoms with Crippen molar-refractivity contribution in [1.29, 1.82) is 0 Å². The molecular formula is C23H34IN7O. The second-order valence-electron chi connectivity index (χ2n) is 7.29. The molecule has 2 heterocycles. The van der Waals surface area contributed by atoms with E-state index < -0.39 is 0 Å². The highest BCUT2D eigenvalue weighted by molar-refractivity contribution is 14.0. The highest BCUT2D eigenvalue weighted by Crippen LogP contribution is 2.17. The van der Waals surface area contributed by atoms with Crippen LogP contribution >= 0.6 is 24.0 Å². The summed E-state index contributed by atoms with van der Waals surface area (Å²) < 4.78 is 5.72. The van der Waals surface area contributed by atoms with E-state index in [9.17, 15) is 0 Å². The Hall–Kier alpha value is -2.40. The largest absolute Gasteiger partial charge is 0.489 e. The third-order valence-electron chi connectivity index (χ3n) is 5.15. The summed E-state index contributed by atoms with van der Waals surface area (Å²) in [7, 11) is 1.79. The number of guanidine groups is 1. The first-order valence-electron chi connectivity index (χ1n) is 10.8. The summed E-state index contributed by atoms with van der Waals surface area (Å²) in [6.45, 7) is 10.8. The highest BCUT2D eigenvalue weighted by atomic mass is 127. The molecule has 0 atom stereocenters. The molecule has 1 aromatic heterocycles. The number of para-hydroxylation sites is 1.